The number of para-hydroxylation sites is 1. The van der Waals surface area contributed by atoms with Crippen molar-refractivity contribution < 1.29 is 0 Å². The molecule has 0 bridgehead atoms. The summed E-state index contributed by atoms with van der Waals surface area (Å²) in [4.78, 5) is 0. The largest absolute Gasteiger partial charge is 0.309 e. The highest BCUT2D eigenvalue weighted by molar-refractivity contribution is 7.26. The number of nitrogens with zero attached hydrogens (tertiary/aromatic N) is 1. The van der Waals surface area contributed by atoms with Crippen molar-refractivity contribution >= 4 is 74.9 Å². The number of hydrogen-bond donors (Lipinski definition) is 0. The third-order valence-corrected chi connectivity index (χ3v) is 10.1. The van der Waals surface area contributed by atoms with Gasteiger partial charge in [0.15, 0.2) is 0 Å². The van der Waals surface area contributed by atoms with Crippen LogP contribution in [0.25, 0.3) is 91.5 Å². The van der Waals surface area contributed by atoms with E-state index in [1.165, 1.54) is 91.5 Å². The van der Waals surface area contributed by atoms with Gasteiger partial charge in [-0.3, -0.25) is 0 Å². The van der Waals surface area contributed by atoms with Gasteiger partial charge in [-0.2, -0.15) is 0 Å². The molecule has 2 aromatic heterocycles. The second kappa shape index (κ2) is 7.38. The quantitative estimate of drug-likeness (QED) is 0.202. The molecular formula is C38H21NS. The smallest absolute Gasteiger partial charge is 0.0547 e. The van der Waals surface area contributed by atoms with Crippen molar-refractivity contribution in [1.82, 2.24) is 4.57 Å². The van der Waals surface area contributed by atoms with Crippen LogP contribution < -0.4 is 0 Å². The Bertz CT molecular complexity index is 2540. The van der Waals surface area contributed by atoms with Crippen molar-refractivity contribution in [2.45, 2.75) is 0 Å². The molecule has 1 aliphatic rings. The average Bonchev–Trinajstić information content (AvgIpc) is 3.66. The lowest BCUT2D eigenvalue weighted by atomic mass is 9.98. The summed E-state index contributed by atoms with van der Waals surface area (Å²) in [7, 11) is 0. The van der Waals surface area contributed by atoms with Crippen LogP contribution in [-0.4, -0.2) is 4.57 Å². The normalized spacial score (nSPS) is 12.5. The molecule has 0 saturated carbocycles. The maximum absolute atomic E-state index is 2.47. The first kappa shape index (κ1) is 21.0. The molecule has 0 spiro atoms. The van der Waals surface area contributed by atoms with E-state index in [0.717, 1.165) is 0 Å². The molecule has 0 unspecified atom stereocenters. The van der Waals surface area contributed by atoms with E-state index < -0.39 is 0 Å². The Labute approximate surface area is 234 Å². The van der Waals surface area contributed by atoms with Gasteiger partial charge in [0, 0.05) is 42.2 Å². The first-order valence-electron chi connectivity index (χ1n) is 13.8. The lowest BCUT2D eigenvalue weighted by Crippen LogP contribution is -1.93. The Morgan fingerprint density at radius 1 is 0.450 bits per heavy atom. The summed E-state index contributed by atoms with van der Waals surface area (Å²) in [6, 6.07) is 47.3. The number of aromatic nitrogens is 1. The maximum Gasteiger partial charge on any atom is 0.0547 e. The summed E-state index contributed by atoms with van der Waals surface area (Å²) in [5, 5.41) is 10.6. The van der Waals surface area contributed by atoms with Gasteiger partial charge in [-0.05, 0) is 68.6 Å². The van der Waals surface area contributed by atoms with Crippen molar-refractivity contribution in [3.63, 3.8) is 0 Å². The Kier molecular flexibility index (Phi) is 3.87. The minimum absolute atomic E-state index is 1.21. The van der Waals surface area contributed by atoms with E-state index in [4.69, 9.17) is 0 Å². The summed E-state index contributed by atoms with van der Waals surface area (Å²) in [6.07, 6.45) is 0. The first-order valence-corrected chi connectivity index (χ1v) is 14.6. The highest BCUT2D eigenvalue weighted by Crippen LogP contribution is 2.52. The minimum Gasteiger partial charge on any atom is -0.309 e. The zero-order valence-corrected chi connectivity index (χ0v) is 22.3. The van der Waals surface area contributed by atoms with Gasteiger partial charge >= 0.3 is 0 Å². The van der Waals surface area contributed by atoms with E-state index in [-0.39, 0.29) is 0 Å². The van der Waals surface area contributed by atoms with Crippen molar-refractivity contribution in [3.05, 3.63) is 127 Å². The van der Waals surface area contributed by atoms with Crippen molar-refractivity contribution in [1.29, 1.82) is 0 Å². The number of benzene rings is 7. The van der Waals surface area contributed by atoms with Crippen LogP contribution in [-0.2, 0) is 0 Å². The van der Waals surface area contributed by atoms with Gasteiger partial charge in [0.05, 0.1) is 11.0 Å². The van der Waals surface area contributed by atoms with E-state index in [0.29, 0.717) is 0 Å². The van der Waals surface area contributed by atoms with Gasteiger partial charge in [-0.25, -0.2) is 0 Å². The zero-order valence-electron chi connectivity index (χ0n) is 21.5. The minimum atomic E-state index is 1.21. The summed E-state index contributed by atoms with van der Waals surface area (Å²) in [5.74, 6) is 0. The van der Waals surface area contributed by atoms with E-state index in [2.05, 4.69) is 132 Å². The van der Waals surface area contributed by atoms with Crippen LogP contribution in [0, 0.1) is 0 Å². The fourth-order valence-electron chi connectivity index (χ4n) is 7.25. The third kappa shape index (κ3) is 2.53. The van der Waals surface area contributed by atoms with Gasteiger partial charge in [-0.1, -0.05) is 97.1 Å². The lowest BCUT2D eigenvalue weighted by Gasteiger charge is -2.10. The average molecular weight is 524 g/mol. The molecule has 0 aliphatic heterocycles. The Morgan fingerprint density at radius 2 is 1.25 bits per heavy atom. The molecule has 0 N–H and O–H groups in total. The Hall–Kier alpha value is -4.92. The van der Waals surface area contributed by atoms with E-state index in [9.17, 15) is 0 Å². The third-order valence-electron chi connectivity index (χ3n) is 8.91. The Balaban J connectivity index is 1.31. The van der Waals surface area contributed by atoms with Crippen LogP contribution in [0.1, 0.15) is 0 Å². The van der Waals surface area contributed by atoms with Crippen LogP contribution in [0.2, 0.25) is 0 Å². The molecule has 9 aromatic rings. The molecule has 0 amide bonds. The molecule has 0 saturated heterocycles. The molecule has 40 heavy (non-hydrogen) atoms. The van der Waals surface area contributed by atoms with E-state index in [1.54, 1.807) is 0 Å². The molecular weight excluding hydrogens is 502 g/mol. The summed E-state index contributed by atoms with van der Waals surface area (Å²) in [5.41, 5.74) is 9.12. The van der Waals surface area contributed by atoms with Crippen LogP contribution in [0.3, 0.4) is 0 Å². The van der Waals surface area contributed by atoms with Crippen molar-refractivity contribution in [3.8, 4) is 27.9 Å². The Morgan fingerprint density at radius 3 is 2.17 bits per heavy atom. The first-order chi connectivity index (χ1) is 19.8. The fourth-order valence-corrected chi connectivity index (χ4v) is 8.47. The molecule has 10 rings (SSSR count). The molecule has 2 heteroatoms. The molecule has 0 radical (unpaired) electrons. The number of thiophene rings is 1. The maximum atomic E-state index is 2.47. The van der Waals surface area contributed by atoms with Crippen molar-refractivity contribution in [2.75, 3.05) is 0 Å². The second-order valence-corrected chi connectivity index (χ2v) is 11.9. The highest BCUT2D eigenvalue weighted by atomic mass is 32.1. The molecule has 0 atom stereocenters. The molecule has 7 aromatic carbocycles. The summed E-state index contributed by atoms with van der Waals surface area (Å²) < 4.78 is 5.17. The van der Waals surface area contributed by atoms with Gasteiger partial charge in [0.1, 0.15) is 0 Å². The second-order valence-electron chi connectivity index (χ2n) is 10.9. The van der Waals surface area contributed by atoms with E-state index in [1.807, 2.05) is 11.3 Å². The monoisotopic (exact) mass is 523 g/mol. The fraction of sp³-hybridized carbons (Fsp3) is 0. The number of hydrogen-bond acceptors (Lipinski definition) is 1. The van der Waals surface area contributed by atoms with Gasteiger partial charge in [-0.15, -0.1) is 11.3 Å². The van der Waals surface area contributed by atoms with Gasteiger partial charge in [0.25, 0.3) is 0 Å². The molecule has 1 nitrogen and oxygen atoms in total. The van der Waals surface area contributed by atoms with Crippen LogP contribution in [0.5, 0.6) is 0 Å². The van der Waals surface area contributed by atoms with Gasteiger partial charge in [0.2, 0.25) is 0 Å². The SMILES string of the molecule is c1cc2c3c(cccc3c1)-c1c-2ccc2c1c1ccccc1n2-c1ccc2sc3c4ccccc4ccc3c2c1. The molecule has 0 fully saturated rings. The van der Waals surface area contributed by atoms with Crippen LogP contribution in [0.4, 0.5) is 0 Å². The van der Waals surface area contributed by atoms with Crippen molar-refractivity contribution in [2.24, 2.45) is 0 Å². The molecule has 1 aliphatic carbocycles. The van der Waals surface area contributed by atoms with Crippen LogP contribution >= 0.6 is 11.3 Å². The standard InChI is InChI=1S/C38H21NS/c1-2-10-25-22(7-1)15-17-28-31-21-24(16-20-34(31)40-38(25)28)39-32-14-4-3-11-29(32)37-33(39)19-18-27-26-12-5-8-23-9-6-13-30(35(23)26)36(27)37/h1-21H. The molecule has 184 valence electrons. The topological polar surface area (TPSA) is 4.93 Å². The highest BCUT2D eigenvalue weighted by Gasteiger charge is 2.26. The predicted molar refractivity (Wildman–Crippen MR) is 173 cm³/mol. The van der Waals surface area contributed by atoms with Gasteiger partial charge < -0.3 is 4.57 Å². The molecule has 2 heterocycles. The summed E-state index contributed by atoms with van der Waals surface area (Å²) >= 11 is 1.90. The lowest BCUT2D eigenvalue weighted by molar-refractivity contribution is 1.19. The zero-order chi connectivity index (χ0) is 25.9. The van der Waals surface area contributed by atoms with Crippen LogP contribution in [0.15, 0.2) is 127 Å². The van der Waals surface area contributed by atoms with E-state index >= 15 is 0 Å². The number of fused-ring (bicyclic) bond motifs is 12. The summed E-state index contributed by atoms with van der Waals surface area (Å²) in [6.45, 7) is 0. The number of rotatable bonds is 1. The predicted octanol–water partition coefficient (Wildman–Crippen LogP) is 11.1.